The van der Waals surface area contributed by atoms with E-state index in [2.05, 4.69) is 10.4 Å². The molecular formula is C18H23ClN4O2. The minimum absolute atomic E-state index is 0. The second-order valence-electron chi connectivity index (χ2n) is 6.66. The van der Waals surface area contributed by atoms with Crippen molar-refractivity contribution in [3.8, 4) is 5.75 Å². The summed E-state index contributed by atoms with van der Waals surface area (Å²) in [5, 5.41) is 7.63. The molecular weight excluding hydrogens is 340 g/mol. The van der Waals surface area contributed by atoms with Crippen molar-refractivity contribution in [3.05, 3.63) is 42.2 Å². The fraction of sp³-hybridized carbons (Fsp3) is 0.444. The molecule has 3 atom stereocenters. The van der Waals surface area contributed by atoms with E-state index in [0.29, 0.717) is 13.1 Å². The number of fused-ring (bicyclic) bond motifs is 1. The minimum Gasteiger partial charge on any atom is -0.487 e. The summed E-state index contributed by atoms with van der Waals surface area (Å²) >= 11 is 0. The van der Waals surface area contributed by atoms with Gasteiger partial charge >= 0.3 is 0 Å². The van der Waals surface area contributed by atoms with Crippen molar-refractivity contribution in [2.45, 2.75) is 18.9 Å². The number of para-hydroxylation sites is 2. The van der Waals surface area contributed by atoms with Gasteiger partial charge in [0.05, 0.1) is 24.3 Å². The first-order valence-electron chi connectivity index (χ1n) is 8.40. The number of amides is 1. The molecule has 25 heavy (non-hydrogen) atoms. The summed E-state index contributed by atoms with van der Waals surface area (Å²) < 4.78 is 7.66. The molecule has 0 saturated carbocycles. The van der Waals surface area contributed by atoms with Crippen LogP contribution >= 0.6 is 12.4 Å². The Morgan fingerprint density at radius 3 is 2.88 bits per heavy atom. The zero-order valence-electron chi connectivity index (χ0n) is 14.4. The Kier molecular flexibility index (Phi) is 5.01. The van der Waals surface area contributed by atoms with Crippen LogP contribution in [0.1, 0.15) is 18.4 Å². The predicted octanol–water partition coefficient (Wildman–Crippen LogP) is 1.96. The molecule has 6 nitrogen and oxygen atoms in total. The van der Waals surface area contributed by atoms with Crippen LogP contribution in [-0.2, 0) is 11.8 Å². The summed E-state index contributed by atoms with van der Waals surface area (Å²) in [6.07, 6.45) is 3.87. The average Bonchev–Trinajstić information content (AvgIpc) is 3.21. The zero-order chi connectivity index (χ0) is 16.7. The first kappa shape index (κ1) is 17.8. The largest absolute Gasteiger partial charge is 0.487 e. The Morgan fingerprint density at radius 2 is 2.12 bits per heavy atom. The Hall–Kier alpha value is -2.05. The van der Waals surface area contributed by atoms with Gasteiger partial charge in [0.2, 0.25) is 5.91 Å². The van der Waals surface area contributed by atoms with Crippen LogP contribution in [0, 0.1) is 5.92 Å². The van der Waals surface area contributed by atoms with Gasteiger partial charge in [0.15, 0.2) is 0 Å². The molecule has 4 rings (SSSR count). The van der Waals surface area contributed by atoms with Crippen molar-refractivity contribution in [1.29, 1.82) is 0 Å². The molecule has 1 fully saturated rings. The van der Waals surface area contributed by atoms with E-state index in [1.54, 1.807) is 4.68 Å². The van der Waals surface area contributed by atoms with E-state index in [0.717, 1.165) is 23.5 Å². The first-order valence-corrected chi connectivity index (χ1v) is 8.40. The second kappa shape index (κ2) is 7.06. The van der Waals surface area contributed by atoms with Gasteiger partial charge < -0.3 is 15.0 Å². The number of aryl methyl sites for hydroxylation is 1. The van der Waals surface area contributed by atoms with Crippen LogP contribution in [0.2, 0.25) is 0 Å². The first-order chi connectivity index (χ1) is 11.6. The Balaban J connectivity index is 0.00000182. The quantitative estimate of drug-likeness (QED) is 0.887. The fourth-order valence-electron chi connectivity index (χ4n) is 3.72. The van der Waals surface area contributed by atoms with Crippen molar-refractivity contribution < 1.29 is 9.53 Å². The van der Waals surface area contributed by atoms with Gasteiger partial charge in [0, 0.05) is 32.3 Å². The number of hydrogen-bond acceptors (Lipinski definition) is 4. The van der Waals surface area contributed by atoms with Crippen LogP contribution in [0.5, 0.6) is 5.75 Å². The number of carbonyl (C=O) groups is 1. The smallest absolute Gasteiger partial charge is 0.232 e. The lowest BCUT2D eigenvalue weighted by Crippen LogP contribution is -2.46. The molecule has 2 aliphatic heterocycles. The normalized spacial score (nSPS) is 25.0. The molecule has 2 aromatic rings. The van der Waals surface area contributed by atoms with Crippen LogP contribution in [0.15, 0.2) is 36.7 Å². The third-order valence-electron chi connectivity index (χ3n) is 4.87. The number of carbonyl (C=O) groups excluding carboxylic acids is 1. The number of hydrogen-bond donors (Lipinski definition) is 1. The van der Waals surface area contributed by atoms with E-state index < -0.39 is 0 Å². The van der Waals surface area contributed by atoms with Crippen molar-refractivity contribution in [2.24, 2.45) is 13.0 Å². The van der Waals surface area contributed by atoms with E-state index >= 15 is 0 Å². The molecule has 0 spiro atoms. The monoisotopic (exact) mass is 362 g/mol. The Morgan fingerprint density at radius 1 is 1.32 bits per heavy atom. The van der Waals surface area contributed by atoms with Crippen LogP contribution in [-0.4, -0.2) is 41.4 Å². The van der Waals surface area contributed by atoms with Gasteiger partial charge in [0.25, 0.3) is 0 Å². The van der Waals surface area contributed by atoms with Crippen molar-refractivity contribution >= 4 is 24.0 Å². The highest BCUT2D eigenvalue weighted by Gasteiger charge is 2.39. The lowest BCUT2D eigenvalue weighted by Gasteiger charge is -2.35. The van der Waals surface area contributed by atoms with E-state index in [-0.39, 0.29) is 36.3 Å². The lowest BCUT2D eigenvalue weighted by molar-refractivity contribution is -0.122. The maximum Gasteiger partial charge on any atom is 0.232 e. The summed E-state index contributed by atoms with van der Waals surface area (Å²) in [6, 6.07) is 7.77. The van der Waals surface area contributed by atoms with Gasteiger partial charge in [-0.2, -0.15) is 5.10 Å². The number of anilines is 1. The Bertz CT molecular complexity index is 763. The van der Waals surface area contributed by atoms with Crippen LogP contribution in [0.4, 0.5) is 5.69 Å². The van der Waals surface area contributed by atoms with Gasteiger partial charge in [0.1, 0.15) is 11.9 Å². The van der Waals surface area contributed by atoms with Crippen molar-refractivity contribution in [3.63, 3.8) is 0 Å². The van der Waals surface area contributed by atoms with E-state index in [1.807, 2.05) is 55.5 Å². The Labute approximate surface area is 153 Å². The molecule has 1 aromatic carbocycles. The van der Waals surface area contributed by atoms with Crippen molar-refractivity contribution in [1.82, 2.24) is 15.1 Å². The summed E-state index contributed by atoms with van der Waals surface area (Å²) in [7, 11) is 1.91. The van der Waals surface area contributed by atoms with Gasteiger partial charge in [-0.1, -0.05) is 12.1 Å². The van der Waals surface area contributed by atoms with Gasteiger partial charge in [-0.05, 0) is 24.6 Å². The molecule has 0 bridgehead atoms. The molecule has 3 heterocycles. The maximum atomic E-state index is 13.3. The second-order valence-corrected chi connectivity index (χ2v) is 6.66. The highest BCUT2D eigenvalue weighted by molar-refractivity contribution is 5.97. The lowest BCUT2D eigenvalue weighted by atomic mass is 9.89. The maximum absolute atomic E-state index is 13.3. The predicted molar refractivity (Wildman–Crippen MR) is 98.4 cm³/mol. The number of halogens is 1. The molecule has 7 heteroatoms. The molecule has 1 N–H and O–H groups in total. The number of ether oxygens (including phenoxy) is 1. The number of benzene rings is 1. The van der Waals surface area contributed by atoms with Gasteiger partial charge in [-0.3, -0.25) is 9.48 Å². The number of rotatable bonds is 2. The number of aromatic nitrogens is 2. The van der Waals surface area contributed by atoms with E-state index in [9.17, 15) is 4.79 Å². The zero-order valence-corrected chi connectivity index (χ0v) is 15.2. The molecule has 1 amide bonds. The topological polar surface area (TPSA) is 59.4 Å². The number of nitrogens with one attached hydrogen (secondary N) is 1. The van der Waals surface area contributed by atoms with Crippen molar-refractivity contribution in [2.75, 3.05) is 24.5 Å². The summed E-state index contributed by atoms with van der Waals surface area (Å²) in [5.41, 5.74) is 1.99. The summed E-state index contributed by atoms with van der Waals surface area (Å²) in [4.78, 5) is 15.2. The molecule has 0 aliphatic carbocycles. The molecule has 1 saturated heterocycles. The molecule has 134 valence electrons. The highest BCUT2D eigenvalue weighted by Crippen LogP contribution is 2.36. The standard InChI is InChI=1S/C18H22N4O2.ClH/c1-12-10-22(16-5-3-4-6-17(16)24-12)18(23)15-9-19-8-14(15)13-7-20-21(2)11-13;/h3-7,11-12,14-15,19H,8-10H2,1-2H3;1H/t12?,14-,15+;/m1./s1. The van der Waals surface area contributed by atoms with Gasteiger partial charge in [-0.25, -0.2) is 0 Å². The van der Waals surface area contributed by atoms with Crippen LogP contribution in [0.3, 0.4) is 0 Å². The minimum atomic E-state index is -0.0763. The molecule has 0 radical (unpaired) electrons. The highest BCUT2D eigenvalue weighted by atomic mass is 35.5. The molecule has 2 aliphatic rings. The third-order valence-corrected chi connectivity index (χ3v) is 4.87. The fourth-order valence-corrected chi connectivity index (χ4v) is 3.72. The average molecular weight is 363 g/mol. The summed E-state index contributed by atoms with van der Waals surface area (Å²) in [6.45, 7) is 4.10. The van der Waals surface area contributed by atoms with Crippen LogP contribution in [0.25, 0.3) is 0 Å². The summed E-state index contributed by atoms with van der Waals surface area (Å²) in [5.74, 6) is 1.04. The van der Waals surface area contributed by atoms with Crippen LogP contribution < -0.4 is 15.0 Å². The van der Waals surface area contributed by atoms with E-state index in [4.69, 9.17) is 4.74 Å². The molecule has 1 aromatic heterocycles. The van der Waals surface area contributed by atoms with E-state index in [1.165, 1.54) is 0 Å². The third kappa shape index (κ3) is 3.24. The van der Waals surface area contributed by atoms with Gasteiger partial charge in [-0.15, -0.1) is 12.4 Å². The number of nitrogens with zero attached hydrogens (tertiary/aromatic N) is 3. The SMILES string of the molecule is CC1CN(C(=O)[C@H]2CNC[C@@H]2c2cnn(C)c2)c2ccccc2O1.Cl. The molecule has 1 unspecified atom stereocenters.